The number of nitrogens with zero attached hydrogens (tertiary/aromatic N) is 4. The lowest BCUT2D eigenvalue weighted by Crippen LogP contribution is -2.08. The number of H-pyrrole nitrogens is 1. The number of pyridine rings is 1. The standard InChI is InChI=1S/C20H18ClN5O/c1-26(2)20-23-16(12-27-20)11-17-18(13-7-9-22-10-8-13)19(25-24-17)14-3-5-15(21)6-4-14/h3-10,12H,11H2,1-2H3,(H,24,25). The molecule has 0 atom stereocenters. The van der Waals surface area contributed by atoms with E-state index in [0.29, 0.717) is 17.5 Å². The smallest absolute Gasteiger partial charge is 0.296 e. The second-order valence-corrected chi connectivity index (χ2v) is 6.80. The van der Waals surface area contributed by atoms with Crippen molar-refractivity contribution in [3.05, 3.63) is 71.5 Å². The number of hydrogen-bond acceptors (Lipinski definition) is 5. The first-order chi connectivity index (χ1) is 13.1. The van der Waals surface area contributed by atoms with E-state index in [2.05, 4.69) is 20.2 Å². The topological polar surface area (TPSA) is 70.8 Å². The van der Waals surface area contributed by atoms with Crippen molar-refractivity contribution in [2.24, 2.45) is 0 Å². The zero-order valence-corrected chi connectivity index (χ0v) is 15.7. The summed E-state index contributed by atoms with van der Waals surface area (Å²) in [6.45, 7) is 0. The van der Waals surface area contributed by atoms with Gasteiger partial charge in [0.1, 0.15) is 12.0 Å². The van der Waals surface area contributed by atoms with Crippen LogP contribution in [-0.4, -0.2) is 34.3 Å². The van der Waals surface area contributed by atoms with Crippen LogP contribution < -0.4 is 4.90 Å². The quantitative estimate of drug-likeness (QED) is 0.555. The Morgan fingerprint density at radius 1 is 1.04 bits per heavy atom. The SMILES string of the molecule is CN(C)c1nc(Cc2[nH]nc(-c3ccc(Cl)cc3)c2-c2ccncc2)co1. The number of aromatic nitrogens is 4. The predicted molar refractivity (Wildman–Crippen MR) is 106 cm³/mol. The van der Waals surface area contributed by atoms with Crippen LogP contribution in [-0.2, 0) is 6.42 Å². The Kier molecular flexibility index (Phi) is 4.64. The normalized spacial score (nSPS) is 10.9. The van der Waals surface area contributed by atoms with Crippen molar-refractivity contribution < 1.29 is 4.42 Å². The van der Waals surface area contributed by atoms with Gasteiger partial charge >= 0.3 is 0 Å². The van der Waals surface area contributed by atoms with Crippen LogP contribution in [0, 0.1) is 0 Å². The number of benzene rings is 1. The van der Waals surface area contributed by atoms with Gasteiger partial charge < -0.3 is 9.32 Å². The van der Waals surface area contributed by atoms with Crippen molar-refractivity contribution in [3.8, 4) is 22.4 Å². The number of anilines is 1. The van der Waals surface area contributed by atoms with E-state index in [1.807, 2.05) is 55.4 Å². The van der Waals surface area contributed by atoms with Crippen LogP contribution in [0.3, 0.4) is 0 Å². The second kappa shape index (κ2) is 7.25. The van der Waals surface area contributed by atoms with Gasteiger partial charge in [-0.1, -0.05) is 23.7 Å². The number of aromatic amines is 1. The Balaban J connectivity index is 1.78. The molecule has 3 heterocycles. The Labute approximate surface area is 161 Å². The van der Waals surface area contributed by atoms with Crippen LogP contribution in [0.2, 0.25) is 5.02 Å². The van der Waals surface area contributed by atoms with E-state index in [9.17, 15) is 0 Å². The Hall–Kier alpha value is -3.12. The molecular formula is C20H18ClN5O. The summed E-state index contributed by atoms with van der Waals surface area (Å²) < 4.78 is 5.50. The zero-order chi connectivity index (χ0) is 18.8. The van der Waals surface area contributed by atoms with Gasteiger partial charge in [-0.2, -0.15) is 10.1 Å². The largest absolute Gasteiger partial charge is 0.432 e. The molecule has 0 aliphatic heterocycles. The molecule has 27 heavy (non-hydrogen) atoms. The van der Waals surface area contributed by atoms with Gasteiger partial charge in [0.2, 0.25) is 0 Å². The first-order valence-electron chi connectivity index (χ1n) is 8.47. The molecule has 0 fully saturated rings. The molecule has 4 rings (SSSR count). The van der Waals surface area contributed by atoms with Gasteiger partial charge in [-0.25, -0.2) is 0 Å². The molecule has 0 aliphatic rings. The Morgan fingerprint density at radius 3 is 2.44 bits per heavy atom. The van der Waals surface area contributed by atoms with Crippen molar-refractivity contribution in [2.45, 2.75) is 6.42 Å². The highest BCUT2D eigenvalue weighted by atomic mass is 35.5. The number of hydrogen-bond donors (Lipinski definition) is 1. The molecule has 0 aliphatic carbocycles. The van der Waals surface area contributed by atoms with Crippen molar-refractivity contribution in [1.82, 2.24) is 20.2 Å². The van der Waals surface area contributed by atoms with Gasteiger partial charge in [0, 0.05) is 54.8 Å². The summed E-state index contributed by atoms with van der Waals surface area (Å²) >= 11 is 6.04. The average Bonchev–Trinajstić information content (AvgIpc) is 3.31. The van der Waals surface area contributed by atoms with Crippen LogP contribution >= 0.6 is 11.6 Å². The molecule has 0 unspecified atom stereocenters. The summed E-state index contributed by atoms with van der Waals surface area (Å²) in [6.07, 6.45) is 5.81. The van der Waals surface area contributed by atoms with E-state index < -0.39 is 0 Å². The van der Waals surface area contributed by atoms with E-state index in [0.717, 1.165) is 33.8 Å². The fourth-order valence-corrected chi connectivity index (χ4v) is 3.04. The highest BCUT2D eigenvalue weighted by Gasteiger charge is 2.18. The van der Waals surface area contributed by atoms with Crippen molar-refractivity contribution in [2.75, 3.05) is 19.0 Å². The van der Waals surface area contributed by atoms with Gasteiger partial charge in [0.15, 0.2) is 0 Å². The molecule has 6 nitrogen and oxygen atoms in total. The van der Waals surface area contributed by atoms with Crippen molar-refractivity contribution in [3.63, 3.8) is 0 Å². The van der Waals surface area contributed by atoms with Crippen LogP contribution in [0.4, 0.5) is 6.01 Å². The molecule has 136 valence electrons. The average molecular weight is 380 g/mol. The van der Waals surface area contributed by atoms with E-state index in [-0.39, 0.29) is 0 Å². The minimum absolute atomic E-state index is 0.577. The molecule has 4 aromatic rings. The number of halogens is 1. The Morgan fingerprint density at radius 2 is 1.78 bits per heavy atom. The predicted octanol–water partition coefficient (Wildman–Crippen LogP) is 4.44. The number of oxazole rings is 1. The molecule has 0 saturated carbocycles. The first-order valence-corrected chi connectivity index (χ1v) is 8.85. The van der Waals surface area contributed by atoms with Crippen LogP contribution in [0.1, 0.15) is 11.4 Å². The Bertz CT molecular complexity index is 1040. The van der Waals surface area contributed by atoms with Gasteiger partial charge in [-0.15, -0.1) is 0 Å². The lowest BCUT2D eigenvalue weighted by molar-refractivity contribution is 0.555. The van der Waals surface area contributed by atoms with Gasteiger partial charge in [0.25, 0.3) is 6.01 Å². The highest BCUT2D eigenvalue weighted by Crippen LogP contribution is 2.34. The van der Waals surface area contributed by atoms with E-state index in [4.69, 9.17) is 16.0 Å². The van der Waals surface area contributed by atoms with Crippen molar-refractivity contribution >= 4 is 17.6 Å². The van der Waals surface area contributed by atoms with Gasteiger partial charge in [0.05, 0.1) is 5.69 Å². The van der Waals surface area contributed by atoms with Crippen LogP contribution in [0.5, 0.6) is 0 Å². The molecule has 7 heteroatoms. The van der Waals surface area contributed by atoms with Crippen LogP contribution in [0.15, 0.2) is 59.5 Å². The summed E-state index contributed by atoms with van der Waals surface area (Å²) in [6, 6.07) is 12.2. The van der Waals surface area contributed by atoms with E-state index in [1.165, 1.54) is 0 Å². The van der Waals surface area contributed by atoms with E-state index in [1.54, 1.807) is 18.7 Å². The summed E-state index contributed by atoms with van der Waals surface area (Å²) in [5.74, 6) is 0. The molecule has 1 N–H and O–H groups in total. The minimum atomic E-state index is 0.577. The molecule has 3 aromatic heterocycles. The first kappa shape index (κ1) is 17.3. The summed E-state index contributed by atoms with van der Waals surface area (Å²) in [5, 5.41) is 8.44. The molecule has 0 bridgehead atoms. The van der Waals surface area contributed by atoms with E-state index >= 15 is 0 Å². The van der Waals surface area contributed by atoms with Crippen molar-refractivity contribution in [1.29, 1.82) is 0 Å². The zero-order valence-electron chi connectivity index (χ0n) is 15.0. The lowest BCUT2D eigenvalue weighted by atomic mass is 9.98. The molecular weight excluding hydrogens is 362 g/mol. The highest BCUT2D eigenvalue weighted by molar-refractivity contribution is 6.30. The molecule has 1 aromatic carbocycles. The minimum Gasteiger partial charge on any atom is -0.432 e. The maximum atomic E-state index is 6.04. The second-order valence-electron chi connectivity index (χ2n) is 6.36. The third kappa shape index (κ3) is 3.57. The number of rotatable bonds is 5. The maximum Gasteiger partial charge on any atom is 0.296 e. The fraction of sp³-hybridized carbons (Fsp3) is 0.150. The molecule has 0 amide bonds. The molecule has 0 spiro atoms. The molecule has 0 saturated heterocycles. The van der Waals surface area contributed by atoms with Gasteiger partial charge in [-0.05, 0) is 29.8 Å². The fourth-order valence-electron chi connectivity index (χ4n) is 2.92. The maximum absolute atomic E-state index is 6.04. The van der Waals surface area contributed by atoms with Gasteiger partial charge in [-0.3, -0.25) is 10.1 Å². The number of nitrogens with one attached hydrogen (secondary N) is 1. The monoisotopic (exact) mass is 379 g/mol. The van der Waals surface area contributed by atoms with Crippen LogP contribution in [0.25, 0.3) is 22.4 Å². The third-order valence-corrected chi connectivity index (χ3v) is 4.46. The summed E-state index contributed by atoms with van der Waals surface area (Å²) in [7, 11) is 3.79. The summed E-state index contributed by atoms with van der Waals surface area (Å²) in [4.78, 5) is 10.5. The molecule has 0 radical (unpaired) electrons. The summed E-state index contributed by atoms with van der Waals surface area (Å²) in [5.41, 5.74) is 5.71. The lowest BCUT2D eigenvalue weighted by Gasteiger charge is -2.06. The third-order valence-electron chi connectivity index (χ3n) is 4.21.